The molecule has 0 saturated heterocycles. The molecular weight excluding hydrogens is 330 g/mol. The Morgan fingerprint density at radius 3 is 2.47 bits per heavy atom. The maximum atomic E-state index is 12.1. The van der Waals surface area contributed by atoms with Gasteiger partial charge in [0.1, 0.15) is 0 Å². The standard InChI is InChI=1S/C13H20BrNO3S/c1-13(2,3)9-15-11-8-10(14)4-5-12(11)19(17,18)7-6-16/h4-5,8,15-16H,6-7,9H2,1-3H3. The van der Waals surface area contributed by atoms with Crippen molar-refractivity contribution in [2.75, 3.05) is 24.2 Å². The maximum absolute atomic E-state index is 12.1. The van der Waals surface area contributed by atoms with Gasteiger partial charge in [-0.05, 0) is 23.6 Å². The van der Waals surface area contributed by atoms with E-state index in [0.717, 1.165) is 4.47 Å². The minimum absolute atomic E-state index is 0.0420. The first kappa shape index (κ1) is 16.5. The van der Waals surface area contributed by atoms with E-state index < -0.39 is 9.84 Å². The van der Waals surface area contributed by atoms with E-state index in [1.165, 1.54) is 0 Å². The van der Waals surface area contributed by atoms with E-state index in [9.17, 15) is 8.42 Å². The summed E-state index contributed by atoms with van der Waals surface area (Å²) in [7, 11) is -3.46. The van der Waals surface area contributed by atoms with Crippen molar-refractivity contribution in [3.8, 4) is 0 Å². The smallest absolute Gasteiger partial charge is 0.182 e. The largest absolute Gasteiger partial charge is 0.395 e. The quantitative estimate of drug-likeness (QED) is 0.857. The minimum atomic E-state index is -3.46. The first-order chi connectivity index (χ1) is 8.65. The van der Waals surface area contributed by atoms with Gasteiger partial charge in [0, 0.05) is 11.0 Å². The van der Waals surface area contributed by atoms with Gasteiger partial charge in [-0.1, -0.05) is 36.7 Å². The number of aliphatic hydroxyl groups excluding tert-OH is 1. The van der Waals surface area contributed by atoms with Crippen LogP contribution in [0, 0.1) is 5.41 Å². The molecule has 0 unspecified atom stereocenters. The molecule has 0 heterocycles. The lowest BCUT2D eigenvalue weighted by Crippen LogP contribution is -2.21. The first-order valence-corrected chi connectivity index (χ1v) is 8.47. The van der Waals surface area contributed by atoms with E-state index in [1.807, 2.05) is 0 Å². The van der Waals surface area contributed by atoms with Gasteiger partial charge in [-0.3, -0.25) is 0 Å². The Hall–Kier alpha value is -0.590. The summed E-state index contributed by atoms with van der Waals surface area (Å²) in [5.74, 6) is -0.265. The molecule has 1 aromatic carbocycles. The van der Waals surface area contributed by atoms with Crippen LogP contribution in [0.5, 0.6) is 0 Å². The highest BCUT2D eigenvalue weighted by molar-refractivity contribution is 9.10. The number of rotatable bonds is 5. The van der Waals surface area contributed by atoms with Crippen LogP contribution >= 0.6 is 15.9 Å². The third kappa shape index (κ3) is 5.12. The zero-order valence-electron chi connectivity index (χ0n) is 11.4. The van der Waals surface area contributed by atoms with Gasteiger partial charge < -0.3 is 10.4 Å². The van der Waals surface area contributed by atoms with Crippen molar-refractivity contribution in [2.45, 2.75) is 25.7 Å². The monoisotopic (exact) mass is 349 g/mol. The van der Waals surface area contributed by atoms with Crippen LogP contribution in [0.1, 0.15) is 20.8 Å². The summed E-state index contributed by atoms with van der Waals surface area (Å²) in [5.41, 5.74) is 0.609. The van der Waals surface area contributed by atoms with Crippen LogP contribution in [0.15, 0.2) is 27.6 Å². The molecule has 1 aromatic rings. The minimum Gasteiger partial charge on any atom is -0.395 e. The van der Waals surface area contributed by atoms with Crippen molar-refractivity contribution in [1.29, 1.82) is 0 Å². The highest BCUT2D eigenvalue weighted by Crippen LogP contribution is 2.27. The lowest BCUT2D eigenvalue weighted by atomic mass is 9.97. The van der Waals surface area contributed by atoms with Crippen LogP contribution in [0.3, 0.4) is 0 Å². The van der Waals surface area contributed by atoms with Crippen LogP contribution in [-0.4, -0.2) is 32.4 Å². The van der Waals surface area contributed by atoms with Crippen LogP contribution in [0.2, 0.25) is 0 Å². The fourth-order valence-corrected chi connectivity index (χ4v) is 3.06. The van der Waals surface area contributed by atoms with Crippen molar-refractivity contribution in [1.82, 2.24) is 0 Å². The van der Waals surface area contributed by atoms with Crippen molar-refractivity contribution in [3.05, 3.63) is 22.7 Å². The van der Waals surface area contributed by atoms with E-state index in [1.54, 1.807) is 18.2 Å². The van der Waals surface area contributed by atoms with E-state index in [-0.39, 0.29) is 22.7 Å². The van der Waals surface area contributed by atoms with Gasteiger partial charge in [-0.2, -0.15) is 0 Å². The molecule has 0 aliphatic rings. The van der Waals surface area contributed by atoms with Crippen molar-refractivity contribution in [3.63, 3.8) is 0 Å². The third-order valence-electron chi connectivity index (χ3n) is 2.45. The van der Waals surface area contributed by atoms with Crippen LogP contribution in [0.4, 0.5) is 5.69 Å². The average Bonchev–Trinajstić information content (AvgIpc) is 2.25. The number of nitrogens with one attached hydrogen (secondary N) is 1. The van der Waals surface area contributed by atoms with Gasteiger partial charge >= 0.3 is 0 Å². The average molecular weight is 350 g/mol. The molecule has 0 aliphatic heterocycles. The molecule has 0 atom stereocenters. The zero-order valence-corrected chi connectivity index (χ0v) is 13.8. The Kier molecular flexibility index (Phi) is 5.41. The fourth-order valence-electron chi connectivity index (χ4n) is 1.50. The maximum Gasteiger partial charge on any atom is 0.182 e. The van der Waals surface area contributed by atoms with Crippen LogP contribution < -0.4 is 5.32 Å². The molecule has 0 amide bonds. The highest BCUT2D eigenvalue weighted by atomic mass is 79.9. The topological polar surface area (TPSA) is 66.4 Å². The molecule has 0 spiro atoms. The zero-order chi connectivity index (χ0) is 14.7. The summed E-state index contributed by atoms with van der Waals surface area (Å²) in [5, 5.41) is 12.0. The molecule has 6 heteroatoms. The second-order valence-electron chi connectivity index (χ2n) is 5.60. The Balaban J connectivity index is 3.12. The molecule has 0 bridgehead atoms. The SMILES string of the molecule is CC(C)(C)CNc1cc(Br)ccc1S(=O)(=O)CCO. The predicted molar refractivity (Wildman–Crippen MR) is 81.2 cm³/mol. The Labute approximate surface area is 123 Å². The summed E-state index contributed by atoms with van der Waals surface area (Å²) < 4.78 is 25.0. The molecule has 0 saturated carbocycles. The molecular formula is C13H20BrNO3S. The molecule has 0 radical (unpaired) electrons. The Morgan fingerprint density at radius 2 is 1.95 bits per heavy atom. The van der Waals surface area contributed by atoms with E-state index in [0.29, 0.717) is 12.2 Å². The van der Waals surface area contributed by atoms with E-state index in [2.05, 4.69) is 42.0 Å². The molecule has 0 aromatic heterocycles. The predicted octanol–water partition coefficient (Wildman–Crippen LogP) is 2.67. The van der Waals surface area contributed by atoms with Gasteiger partial charge in [-0.25, -0.2) is 8.42 Å². The van der Waals surface area contributed by atoms with Crippen molar-refractivity contribution < 1.29 is 13.5 Å². The number of sulfone groups is 1. The van der Waals surface area contributed by atoms with E-state index in [4.69, 9.17) is 5.11 Å². The molecule has 108 valence electrons. The summed E-state index contributed by atoms with van der Waals surface area (Å²) in [6.07, 6.45) is 0. The van der Waals surface area contributed by atoms with Gasteiger partial charge in [0.25, 0.3) is 0 Å². The van der Waals surface area contributed by atoms with Gasteiger partial charge in [0.2, 0.25) is 0 Å². The lowest BCUT2D eigenvalue weighted by molar-refractivity contribution is 0.319. The first-order valence-electron chi connectivity index (χ1n) is 6.03. The number of anilines is 1. The third-order valence-corrected chi connectivity index (χ3v) is 4.69. The second-order valence-corrected chi connectivity index (χ2v) is 8.59. The molecule has 2 N–H and O–H groups in total. The molecule has 19 heavy (non-hydrogen) atoms. The summed E-state index contributed by atoms with van der Waals surface area (Å²) in [6.45, 7) is 6.49. The highest BCUT2D eigenvalue weighted by Gasteiger charge is 2.19. The van der Waals surface area contributed by atoms with Crippen LogP contribution in [0.25, 0.3) is 0 Å². The molecule has 0 aliphatic carbocycles. The van der Waals surface area contributed by atoms with Gasteiger partial charge in [-0.15, -0.1) is 0 Å². The lowest BCUT2D eigenvalue weighted by Gasteiger charge is -2.21. The summed E-state index contributed by atoms with van der Waals surface area (Å²) in [4.78, 5) is 0.231. The summed E-state index contributed by atoms with van der Waals surface area (Å²) >= 11 is 3.34. The number of hydrogen-bond donors (Lipinski definition) is 2. The van der Waals surface area contributed by atoms with Crippen molar-refractivity contribution >= 4 is 31.5 Å². The Bertz CT molecular complexity index is 535. The van der Waals surface area contributed by atoms with Crippen molar-refractivity contribution in [2.24, 2.45) is 5.41 Å². The van der Waals surface area contributed by atoms with Crippen LogP contribution in [-0.2, 0) is 9.84 Å². The molecule has 4 nitrogen and oxygen atoms in total. The molecule has 0 fully saturated rings. The molecule has 1 rings (SSSR count). The Morgan fingerprint density at radius 1 is 1.32 bits per heavy atom. The number of halogens is 1. The van der Waals surface area contributed by atoms with Gasteiger partial charge in [0.15, 0.2) is 9.84 Å². The van der Waals surface area contributed by atoms with E-state index >= 15 is 0 Å². The number of aliphatic hydroxyl groups is 1. The second kappa shape index (κ2) is 6.24. The van der Waals surface area contributed by atoms with Gasteiger partial charge in [0.05, 0.1) is 22.9 Å². The summed E-state index contributed by atoms with van der Waals surface area (Å²) in [6, 6.07) is 4.99. The number of benzene rings is 1. The normalized spacial score (nSPS) is 12.5. The fraction of sp³-hybridized carbons (Fsp3) is 0.538. The number of hydrogen-bond acceptors (Lipinski definition) is 4.